The standard InChI is InChI=1S/C10H14N2O2/c1-8-3-6-12(7-4-8)10(13)9-2-5-11-14-9/h2,5,8H,3-4,6-7H2,1H3. The summed E-state index contributed by atoms with van der Waals surface area (Å²) in [7, 11) is 0. The average Bonchev–Trinajstić information content (AvgIpc) is 2.71. The topological polar surface area (TPSA) is 46.3 Å². The summed E-state index contributed by atoms with van der Waals surface area (Å²) in [6.07, 6.45) is 3.67. The lowest BCUT2D eigenvalue weighted by atomic mass is 9.99. The molecule has 0 aromatic carbocycles. The molecule has 1 aromatic heterocycles. The molecule has 0 radical (unpaired) electrons. The second-order valence-electron chi connectivity index (χ2n) is 3.85. The predicted octanol–water partition coefficient (Wildman–Crippen LogP) is 1.55. The number of amides is 1. The summed E-state index contributed by atoms with van der Waals surface area (Å²) in [5.41, 5.74) is 0. The monoisotopic (exact) mass is 194 g/mol. The first-order valence-electron chi connectivity index (χ1n) is 4.97. The van der Waals surface area contributed by atoms with E-state index < -0.39 is 0 Å². The van der Waals surface area contributed by atoms with Crippen LogP contribution in [0.2, 0.25) is 0 Å². The van der Waals surface area contributed by atoms with Crippen molar-refractivity contribution in [1.82, 2.24) is 10.1 Å². The Morgan fingerprint density at radius 3 is 2.86 bits per heavy atom. The van der Waals surface area contributed by atoms with Crippen LogP contribution in [0.15, 0.2) is 16.8 Å². The number of aromatic nitrogens is 1. The number of carbonyl (C=O) groups is 1. The van der Waals surface area contributed by atoms with E-state index in [0.717, 1.165) is 31.8 Å². The van der Waals surface area contributed by atoms with Crippen molar-refractivity contribution in [3.63, 3.8) is 0 Å². The van der Waals surface area contributed by atoms with Gasteiger partial charge in [0.05, 0.1) is 6.20 Å². The predicted molar refractivity (Wildman–Crippen MR) is 50.8 cm³/mol. The molecule has 2 heterocycles. The molecule has 0 aliphatic carbocycles. The van der Waals surface area contributed by atoms with E-state index in [1.165, 1.54) is 6.20 Å². The number of rotatable bonds is 1. The quantitative estimate of drug-likeness (QED) is 0.681. The van der Waals surface area contributed by atoms with Crippen LogP contribution in [0.25, 0.3) is 0 Å². The van der Waals surface area contributed by atoms with Crippen molar-refractivity contribution in [3.8, 4) is 0 Å². The second-order valence-corrected chi connectivity index (χ2v) is 3.85. The third-order valence-electron chi connectivity index (χ3n) is 2.72. The first-order valence-corrected chi connectivity index (χ1v) is 4.97. The Labute approximate surface area is 82.9 Å². The Morgan fingerprint density at radius 2 is 2.29 bits per heavy atom. The van der Waals surface area contributed by atoms with Gasteiger partial charge >= 0.3 is 0 Å². The van der Waals surface area contributed by atoms with Crippen molar-refractivity contribution in [2.75, 3.05) is 13.1 Å². The lowest BCUT2D eigenvalue weighted by Gasteiger charge is -2.29. The molecule has 14 heavy (non-hydrogen) atoms. The number of piperidine rings is 1. The zero-order valence-electron chi connectivity index (χ0n) is 8.27. The van der Waals surface area contributed by atoms with Gasteiger partial charge in [-0.3, -0.25) is 4.79 Å². The first-order chi connectivity index (χ1) is 6.77. The van der Waals surface area contributed by atoms with Gasteiger partial charge in [0.25, 0.3) is 5.91 Å². The third kappa shape index (κ3) is 1.78. The molecule has 4 nitrogen and oxygen atoms in total. The van der Waals surface area contributed by atoms with Crippen LogP contribution in [0.1, 0.15) is 30.3 Å². The van der Waals surface area contributed by atoms with E-state index in [1.807, 2.05) is 4.90 Å². The molecular formula is C10H14N2O2. The highest BCUT2D eigenvalue weighted by Gasteiger charge is 2.23. The summed E-state index contributed by atoms with van der Waals surface area (Å²) in [6, 6.07) is 1.61. The van der Waals surface area contributed by atoms with E-state index in [9.17, 15) is 4.79 Å². The summed E-state index contributed by atoms with van der Waals surface area (Å²) in [5, 5.41) is 3.53. The van der Waals surface area contributed by atoms with E-state index in [0.29, 0.717) is 5.76 Å². The molecule has 0 bridgehead atoms. The van der Waals surface area contributed by atoms with Crippen molar-refractivity contribution >= 4 is 5.91 Å². The van der Waals surface area contributed by atoms with E-state index in [4.69, 9.17) is 4.52 Å². The Kier molecular flexibility index (Phi) is 2.52. The van der Waals surface area contributed by atoms with Crippen molar-refractivity contribution in [3.05, 3.63) is 18.0 Å². The highest BCUT2D eigenvalue weighted by atomic mass is 16.5. The highest BCUT2D eigenvalue weighted by Crippen LogP contribution is 2.17. The van der Waals surface area contributed by atoms with E-state index in [2.05, 4.69) is 12.1 Å². The van der Waals surface area contributed by atoms with Gasteiger partial charge in [-0.2, -0.15) is 0 Å². The van der Waals surface area contributed by atoms with Crippen LogP contribution in [0.3, 0.4) is 0 Å². The van der Waals surface area contributed by atoms with Crippen molar-refractivity contribution in [1.29, 1.82) is 0 Å². The normalized spacial score (nSPS) is 18.5. The smallest absolute Gasteiger partial charge is 0.292 e. The highest BCUT2D eigenvalue weighted by molar-refractivity contribution is 5.91. The number of nitrogens with zero attached hydrogens (tertiary/aromatic N) is 2. The molecule has 2 rings (SSSR count). The molecule has 0 spiro atoms. The van der Waals surface area contributed by atoms with Gasteiger partial charge in [-0.15, -0.1) is 0 Å². The molecule has 0 atom stereocenters. The van der Waals surface area contributed by atoms with Crippen LogP contribution >= 0.6 is 0 Å². The largest absolute Gasteiger partial charge is 0.351 e. The minimum Gasteiger partial charge on any atom is -0.351 e. The fourth-order valence-corrected chi connectivity index (χ4v) is 1.69. The Morgan fingerprint density at radius 1 is 1.57 bits per heavy atom. The molecule has 4 heteroatoms. The molecule has 1 aromatic rings. The van der Waals surface area contributed by atoms with Crippen LogP contribution in [0.4, 0.5) is 0 Å². The third-order valence-corrected chi connectivity index (χ3v) is 2.72. The summed E-state index contributed by atoms with van der Waals surface area (Å²) in [4.78, 5) is 13.6. The summed E-state index contributed by atoms with van der Waals surface area (Å²) in [5.74, 6) is 1.04. The minimum absolute atomic E-state index is 0.0330. The summed E-state index contributed by atoms with van der Waals surface area (Å²) >= 11 is 0. The molecule has 1 amide bonds. The summed E-state index contributed by atoms with van der Waals surface area (Å²) < 4.78 is 4.83. The summed E-state index contributed by atoms with van der Waals surface area (Å²) in [6.45, 7) is 3.89. The fraction of sp³-hybridized carbons (Fsp3) is 0.600. The van der Waals surface area contributed by atoms with Gasteiger partial charge < -0.3 is 9.42 Å². The van der Waals surface area contributed by atoms with Crippen molar-refractivity contribution in [2.24, 2.45) is 5.92 Å². The minimum atomic E-state index is -0.0330. The maximum absolute atomic E-state index is 11.8. The molecule has 1 aliphatic rings. The second kappa shape index (κ2) is 3.82. The van der Waals surface area contributed by atoms with Gasteiger partial charge in [0.1, 0.15) is 0 Å². The van der Waals surface area contributed by atoms with Gasteiger partial charge in [0.15, 0.2) is 0 Å². The Hall–Kier alpha value is -1.32. The molecule has 1 fully saturated rings. The molecule has 1 aliphatic heterocycles. The number of carbonyl (C=O) groups excluding carboxylic acids is 1. The Bertz CT molecular complexity index is 300. The molecule has 76 valence electrons. The van der Waals surface area contributed by atoms with Gasteiger partial charge in [-0.1, -0.05) is 12.1 Å². The van der Waals surface area contributed by atoms with E-state index >= 15 is 0 Å². The lowest BCUT2D eigenvalue weighted by molar-refractivity contribution is 0.0655. The Balaban J connectivity index is 1.99. The van der Waals surface area contributed by atoms with Gasteiger partial charge in [0.2, 0.25) is 5.76 Å². The number of hydrogen-bond donors (Lipinski definition) is 0. The first kappa shape index (κ1) is 9.24. The van der Waals surface area contributed by atoms with Crippen LogP contribution in [-0.2, 0) is 0 Å². The molecular weight excluding hydrogens is 180 g/mol. The van der Waals surface area contributed by atoms with Crippen molar-refractivity contribution in [2.45, 2.75) is 19.8 Å². The van der Waals surface area contributed by atoms with Crippen LogP contribution in [0, 0.1) is 5.92 Å². The van der Waals surface area contributed by atoms with Crippen molar-refractivity contribution < 1.29 is 9.32 Å². The maximum Gasteiger partial charge on any atom is 0.292 e. The van der Waals surface area contributed by atoms with E-state index in [1.54, 1.807) is 6.07 Å². The zero-order chi connectivity index (χ0) is 9.97. The fourth-order valence-electron chi connectivity index (χ4n) is 1.69. The van der Waals surface area contributed by atoms with Gasteiger partial charge in [-0.05, 0) is 18.8 Å². The molecule has 0 saturated carbocycles. The van der Waals surface area contributed by atoms with Gasteiger partial charge in [0, 0.05) is 19.2 Å². The SMILES string of the molecule is CC1CCN(C(=O)c2ccno2)CC1. The number of likely N-dealkylation sites (tertiary alicyclic amines) is 1. The van der Waals surface area contributed by atoms with Gasteiger partial charge in [-0.25, -0.2) is 0 Å². The molecule has 0 unspecified atom stereocenters. The number of hydrogen-bond acceptors (Lipinski definition) is 3. The van der Waals surface area contributed by atoms with Crippen LogP contribution < -0.4 is 0 Å². The molecule has 0 N–H and O–H groups in total. The van der Waals surface area contributed by atoms with E-state index in [-0.39, 0.29) is 5.91 Å². The maximum atomic E-state index is 11.8. The van der Waals surface area contributed by atoms with Crippen LogP contribution in [-0.4, -0.2) is 29.1 Å². The van der Waals surface area contributed by atoms with Crippen LogP contribution in [0.5, 0.6) is 0 Å². The average molecular weight is 194 g/mol. The zero-order valence-corrected chi connectivity index (χ0v) is 8.27. The molecule has 1 saturated heterocycles. The lowest BCUT2D eigenvalue weighted by Crippen LogP contribution is -2.37.